The molecule has 2 heterocycles. The number of carbonyl (C=O) groups excluding carboxylic acids is 1. The summed E-state index contributed by atoms with van der Waals surface area (Å²) in [5, 5.41) is 2.98. The van der Waals surface area contributed by atoms with E-state index in [9.17, 15) is 13.2 Å². The van der Waals surface area contributed by atoms with Gasteiger partial charge in [-0.15, -0.1) is 0 Å². The summed E-state index contributed by atoms with van der Waals surface area (Å²) < 4.78 is 32.3. The number of nitrogens with one attached hydrogen (secondary N) is 1. The van der Waals surface area contributed by atoms with Gasteiger partial charge in [-0.2, -0.15) is 0 Å². The Balaban J connectivity index is 1.79. The van der Waals surface area contributed by atoms with Gasteiger partial charge in [-0.05, 0) is 38.8 Å². The number of carbonyl (C=O) groups is 1. The molecular weight excluding hydrogens is 364 g/mol. The van der Waals surface area contributed by atoms with E-state index in [1.165, 1.54) is 0 Å². The van der Waals surface area contributed by atoms with E-state index in [0.717, 1.165) is 17.7 Å². The zero-order chi connectivity index (χ0) is 19.7. The minimum atomic E-state index is -3.17. The lowest BCUT2D eigenvalue weighted by atomic mass is 9.76. The van der Waals surface area contributed by atoms with Crippen molar-refractivity contribution in [3.05, 3.63) is 29.8 Å². The lowest BCUT2D eigenvalue weighted by molar-refractivity contribution is -0.122. The average Bonchev–Trinajstić information content (AvgIpc) is 2.61. The highest BCUT2D eigenvalue weighted by molar-refractivity contribution is 7.89. The number of rotatable bonds is 5. The predicted octanol–water partition coefficient (Wildman–Crippen LogP) is 2.65. The third kappa shape index (κ3) is 4.46. The van der Waals surface area contributed by atoms with Gasteiger partial charge < -0.3 is 10.1 Å². The van der Waals surface area contributed by atoms with Crippen LogP contribution in [0.3, 0.4) is 0 Å². The highest BCUT2D eigenvalue weighted by Gasteiger charge is 2.45. The zero-order valence-electron chi connectivity index (χ0n) is 16.4. The van der Waals surface area contributed by atoms with E-state index in [-0.39, 0.29) is 23.6 Å². The summed E-state index contributed by atoms with van der Waals surface area (Å²) in [5.41, 5.74) is 0.683. The molecule has 0 aliphatic carbocycles. The SMILES string of the molecule is CCS(=O)(=O)N1CCC2(CC1)C[C@H](CC(=O)NC(C)C)c1ccccc1O2. The molecule has 0 unspecified atom stereocenters. The molecular formula is C20H30N2O4S. The number of hydrogen-bond donors (Lipinski definition) is 1. The number of piperidine rings is 1. The summed E-state index contributed by atoms with van der Waals surface area (Å²) in [5.74, 6) is 1.09. The minimum Gasteiger partial charge on any atom is -0.487 e. The molecule has 1 saturated heterocycles. The van der Waals surface area contributed by atoms with Gasteiger partial charge in [0.05, 0.1) is 5.75 Å². The van der Waals surface area contributed by atoms with E-state index < -0.39 is 15.6 Å². The molecule has 7 heteroatoms. The topological polar surface area (TPSA) is 75.7 Å². The van der Waals surface area contributed by atoms with Crippen LogP contribution in [0.25, 0.3) is 0 Å². The van der Waals surface area contributed by atoms with Crippen molar-refractivity contribution in [1.29, 1.82) is 0 Å². The van der Waals surface area contributed by atoms with Crippen LogP contribution < -0.4 is 10.1 Å². The van der Waals surface area contributed by atoms with Crippen LogP contribution in [0.1, 0.15) is 57.9 Å². The number of amides is 1. The van der Waals surface area contributed by atoms with E-state index in [4.69, 9.17) is 4.74 Å². The average molecular weight is 395 g/mol. The molecule has 150 valence electrons. The monoisotopic (exact) mass is 394 g/mol. The number of hydrogen-bond acceptors (Lipinski definition) is 4. The maximum atomic E-state index is 12.4. The van der Waals surface area contributed by atoms with Crippen molar-refractivity contribution in [2.75, 3.05) is 18.8 Å². The first-order chi connectivity index (χ1) is 12.7. The van der Waals surface area contributed by atoms with Gasteiger partial charge >= 0.3 is 0 Å². The fourth-order valence-corrected chi connectivity index (χ4v) is 5.30. The standard InChI is InChI=1S/C20H30N2O4S/c1-4-27(24,25)22-11-9-20(10-12-22)14-16(13-19(23)21-15(2)3)17-7-5-6-8-18(17)26-20/h5-8,15-16H,4,9-14H2,1-3H3,(H,21,23)/t16-/m0/s1. The van der Waals surface area contributed by atoms with E-state index in [1.807, 2.05) is 38.1 Å². The van der Waals surface area contributed by atoms with E-state index in [0.29, 0.717) is 32.4 Å². The molecule has 1 atom stereocenters. The maximum absolute atomic E-state index is 12.4. The van der Waals surface area contributed by atoms with Gasteiger partial charge in [0.15, 0.2) is 0 Å². The van der Waals surface area contributed by atoms with Crippen LogP contribution in [-0.4, -0.2) is 49.1 Å². The van der Waals surface area contributed by atoms with Crippen LogP contribution in [0.2, 0.25) is 0 Å². The van der Waals surface area contributed by atoms with Crippen LogP contribution in [-0.2, 0) is 14.8 Å². The third-order valence-corrected chi connectivity index (χ3v) is 7.46. The molecule has 1 aromatic rings. The highest BCUT2D eigenvalue weighted by atomic mass is 32.2. The molecule has 27 heavy (non-hydrogen) atoms. The summed E-state index contributed by atoms with van der Waals surface area (Å²) in [6, 6.07) is 8.03. The second-order valence-electron chi connectivity index (χ2n) is 7.95. The van der Waals surface area contributed by atoms with Crippen molar-refractivity contribution in [3.63, 3.8) is 0 Å². The molecule has 1 fully saturated rings. The molecule has 0 bridgehead atoms. The normalized spacial score (nSPS) is 22.3. The lowest BCUT2D eigenvalue weighted by Crippen LogP contribution is -2.52. The van der Waals surface area contributed by atoms with Gasteiger partial charge in [0.25, 0.3) is 0 Å². The molecule has 1 amide bonds. The predicted molar refractivity (Wildman–Crippen MR) is 105 cm³/mol. The van der Waals surface area contributed by atoms with Gasteiger partial charge in [0.2, 0.25) is 15.9 Å². The van der Waals surface area contributed by atoms with Crippen LogP contribution in [0, 0.1) is 0 Å². The molecule has 2 aliphatic heterocycles. The molecule has 2 aliphatic rings. The Kier molecular flexibility index (Phi) is 5.82. The zero-order valence-corrected chi connectivity index (χ0v) is 17.2. The Labute approximate surface area is 162 Å². The first-order valence-corrected chi connectivity index (χ1v) is 11.4. The van der Waals surface area contributed by atoms with Crippen molar-refractivity contribution in [3.8, 4) is 5.75 Å². The fourth-order valence-electron chi connectivity index (χ4n) is 4.19. The molecule has 3 rings (SSSR count). The van der Waals surface area contributed by atoms with Gasteiger partial charge in [-0.1, -0.05) is 18.2 Å². The molecule has 1 aromatic carbocycles. The number of ether oxygens (including phenoxy) is 1. The first kappa shape index (κ1) is 20.1. The highest BCUT2D eigenvalue weighted by Crippen LogP contribution is 2.46. The number of nitrogens with zero attached hydrogens (tertiary/aromatic N) is 1. The molecule has 0 saturated carbocycles. The Bertz CT molecular complexity index is 783. The number of benzene rings is 1. The van der Waals surface area contributed by atoms with Crippen LogP contribution in [0.5, 0.6) is 5.75 Å². The van der Waals surface area contributed by atoms with Crippen LogP contribution >= 0.6 is 0 Å². The molecule has 0 radical (unpaired) electrons. The Morgan fingerprint density at radius 1 is 1.30 bits per heavy atom. The van der Waals surface area contributed by atoms with Gasteiger partial charge in [0.1, 0.15) is 11.4 Å². The smallest absolute Gasteiger partial charge is 0.220 e. The van der Waals surface area contributed by atoms with E-state index in [2.05, 4.69) is 5.32 Å². The third-order valence-electron chi connectivity index (χ3n) is 5.58. The summed E-state index contributed by atoms with van der Waals surface area (Å²) in [4.78, 5) is 12.4. The quantitative estimate of drug-likeness (QED) is 0.833. The van der Waals surface area contributed by atoms with Crippen molar-refractivity contribution in [2.24, 2.45) is 0 Å². The number of sulfonamides is 1. The lowest BCUT2D eigenvalue weighted by Gasteiger charge is -2.46. The number of fused-ring (bicyclic) bond motifs is 1. The summed E-state index contributed by atoms with van der Waals surface area (Å²) >= 11 is 0. The largest absolute Gasteiger partial charge is 0.487 e. The second-order valence-corrected chi connectivity index (χ2v) is 10.2. The van der Waals surface area contributed by atoms with Crippen LogP contribution in [0.4, 0.5) is 0 Å². The molecule has 6 nitrogen and oxygen atoms in total. The van der Waals surface area contributed by atoms with Gasteiger partial charge in [0, 0.05) is 44.3 Å². The molecule has 1 N–H and O–H groups in total. The minimum absolute atomic E-state index is 0.0489. The van der Waals surface area contributed by atoms with Crippen molar-refractivity contribution >= 4 is 15.9 Å². The first-order valence-electron chi connectivity index (χ1n) is 9.80. The Hall–Kier alpha value is -1.60. The van der Waals surface area contributed by atoms with Crippen molar-refractivity contribution < 1.29 is 17.9 Å². The maximum Gasteiger partial charge on any atom is 0.220 e. The molecule has 1 spiro atoms. The van der Waals surface area contributed by atoms with Crippen molar-refractivity contribution in [2.45, 2.75) is 64.0 Å². The summed E-state index contributed by atoms with van der Waals surface area (Å²) in [6.07, 6.45) is 2.48. The summed E-state index contributed by atoms with van der Waals surface area (Å²) in [6.45, 7) is 6.55. The Morgan fingerprint density at radius 2 is 1.96 bits per heavy atom. The number of para-hydroxylation sites is 1. The van der Waals surface area contributed by atoms with E-state index in [1.54, 1.807) is 11.2 Å². The van der Waals surface area contributed by atoms with E-state index >= 15 is 0 Å². The molecule has 0 aromatic heterocycles. The van der Waals surface area contributed by atoms with Crippen LogP contribution in [0.15, 0.2) is 24.3 Å². The van der Waals surface area contributed by atoms with Gasteiger partial charge in [-0.25, -0.2) is 12.7 Å². The Morgan fingerprint density at radius 3 is 2.59 bits per heavy atom. The fraction of sp³-hybridized carbons (Fsp3) is 0.650. The second kappa shape index (κ2) is 7.80. The van der Waals surface area contributed by atoms with Gasteiger partial charge in [-0.3, -0.25) is 4.79 Å². The van der Waals surface area contributed by atoms with Crippen molar-refractivity contribution in [1.82, 2.24) is 9.62 Å². The summed E-state index contributed by atoms with van der Waals surface area (Å²) in [7, 11) is -3.17.